The van der Waals surface area contributed by atoms with Gasteiger partial charge >= 0.3 is 5.97 Å². The van der Waals surface area contributed by atoms with Crippen molar-refractivity contribution in [1.29, 1.82) is 0 Å². The summed E-state index contributed by atoms with van der Waals surface area (Å²) in [6.45, 7) is 2.12. The van der Waals surface area contributed by atoms with Gasteiger partial charge < -0.3 is 18.8 Å². The van der Waals surface area contributed by atoms with Gasteiger partial charge in [-0.1, -0.05) is 36.4 Å². The first kappa shape index (κ1) is 20.5. The molecule has 1 aromatic heterocycles. The summed E-state index contributed by atoms with van der Waals surface area (Å²) in [7, 11) is 1.52. The maximum absolute atomic E-state index is 13.7. The maximum Gasteiger partial charge on any atom is 0.375 e. The monoisotopic (exact) mass is 399 g/mol. The Kier molecular flexibility index (Phi) is 6.61. The molecular weight excluding hydrogens is 377 g/mol. The molecule has 0 radical (unpaired) electrons. The summed E-state index contributed by atoms with van der Waals surface area (Å²) in [6.07, 6.45) is 0. The molecule has 0 fully saturated rings. The predicted octanol–water partition coefficient (Wildman–Crippen LogP) is 3.92. The number of hydrogen-bond donors (Lipinski definition) is 0. The van der Waals surface area contributed by atoms with Gasteiger partial charge in [-0.15, -0.1) is 0 Å². The lowest BCUT2D eigenvalue weighted by atomic mass is 10.1. The van der Waals surface area contributed by atoms with Crippen molar-refractivity contribution in [2.45, 2.75) is 20.1 Å². The molecule has 1 heterocycles. The van der Waals surface area contributed by atoms with Crippen molar-refractivity contribution in [3.63, 3.8) is 0 Å². The first-order valence-electron chi connectivity index (χ1n) is 9.24. The number of carbonyl (C=O) groups excluding carboxylic acids is 2. The molecule has 0 N–H and O–H groups in total. The minimum Gasteiger partial charge on any atom is -0.450 e. The van der Waals surface area contributed by atoms with Crippen LogP contribution >= 0.6 is 0 Å². The van der Waals surface area contributed by atoms with Crippen molar-refractivity contribution >= 4 is 22.8 Å². The van der Waals surface area contributed by atoms with Crippen molar-refractivity contribution < 1.29 is 27.9 Å². The fourth-order valence-electron chi connectivity index (χ4n) is 2.88. The van der Waals surface area contributed by atoms with Crippen LogP contribution in [0, 0.1) is 5.82 Å². The lowest BCUT2D eigenvalue weighted by Crippen LogP contribution is -2.31. The second-order valence-electron chi connectivity index (χ2n) is 6.46. The average Bonchev–Trinajstić information content (AvgIpc) is 3.10. The number of benzene rings is 2. The van der Waals surface area contributed by atoms with Gasteiger partial charge in [-0.3, -0.25) is 4.79 Å². The van der Waals surface area contributed by atoms with E-state index in [2.05, 4.69) is 0 Å². The minimum absolute atomic E-state index is 0.0178. The van der Waals surface area contributed by atoms with Crippen LogP contribution in [0.15, 0.2) is 52.9 Å². The van der Waals surface area contributed by atoms with E-state index in [1.54, 1.807) is 30.3 Å². The van der Waals surface area contributed by atoms with E-state index in [1.165, 1.54) is 18.0 Å². The van der Waals surface area contributed by atoms with Gasteiger partial charge in [-0.25, -0.2) is 9.18 Å². The smallest absolute Gasteiger partial charge is 0.375 e. The molecule has 0 atom stereocenters. The number of halogens is 1. The van der Waals surface area contributed by atoms with Gasteiger partial charge in [0, 0.05) is 36.7 Å². The third kappa shape index (κ3) is 4.81. The Labute approximate surface area is 167 Å². The summed E-state index contributed by atoms with van der Waals surface area (Å²) in [6, 6.07) is 13.4. The fourth-order valence-corrected chi connectivity index (χ4v) is 2.88. The summed E-state index contributed by atoms with van der Waals surface area (Å²) in [4.78, 5) is 26.1. The number of carbonyl (C=O) groups is 2. The third-order valence-corrected chi connectivity index (χ3v) is 4.45. The molecule has 29 heavy (non-hydrogen) atoms. The van der Waals surface area contributed by atoms with Gasteiger partial charge in [0.2, 0.25) is 5.76 Å². The molecule has 0 unspecified atom stereocenters. The van der Waals surface area contributed by atoms with Crippen molar-refractivity contribution in [1.82, 2.24) is 4.90 Å². The lowest BCUT2D eigenvalue weighted by Gasteiger charge is -2.17. The lowest BCUT2D eigenvalue weighted by molar-refractivity contribution is -0.133. The van der Waals surface area contributed by atoms with Gasteiger partial charge in [0.1, 0.15) is 11.4 Å². The van der Waals surface area contributed by atoms with Crippen LogP contribution in [0.25, 0.3) is 11.0 Å². The molecule has 0 saturated carbocycles. The number of ether oxygens (including phenoxy) is 2. The van der Waals surface area contributed by atoms with Gasteiger partial charge in [-0.2, -0.15) is 0 Å². The molecular formula is C22H22FNO5. The Balaban J connectivity index is 1.67. The van der Waals surface area contributed by atoms with Gasteiger partial charge in [0.25, 0.3) is 5.91 Å². The Morgan fingerprint density at radius 2 is 1.83 bits per heavy atom. The molecule has 7 heteroatoms. The van der Waals surface area contributed by atoms with E-state index in [4.69, 9.17) is 13.9 Å². The van der Waals surface area contributed by atoms with Crippen LogP contribution in [-0.2, 0) is 27.4 Å². The molecule has 0 spiro atoms. The van der Waals surface area contributed by atoms with Crippen LogP contribution in [0.1, 0.15) is 28.6 Å². The molecule has 6 nitrogen and oxygen atoms in total. The number of nitrogens with zero attached hydrogens (tertiary/aromatic N) is 1. The van der Waals surface area contributed by atoms with E-state index in [9.17, 15) is 14.0 Å². The van der Waals surface area contributed by atoms with E-state index < -0.39 is 24.3 Å². The van der Waals surface area contributed by atoms with Crippen molar-refractivity contribution in [3.05, 3.63) is 71.2 Å². The van der Waals surface area contributed by atoms with Crippen LogP contribution < -0.4 is 0 Å². The largest absolute Gasteiger partial charge is 0.450 e. The highest BCUT2D eigenvalue weighted by Crippen LogP contribution is 2.27. The van der Waals surface area contributed by atoms with Gasteiger partial charge in [0.05, 0.1) is 6.61 Å². The highest BCUT2D eigenvalue weighted by molar-refractivity contribution is 5.96. The number of para-hydroxylation sites is 1. The quantitative estimate of drug-likeness (QED) is 0.537. The topological polar surface area (TPSA) is 69.0 Å². The Morgan fingerprint density at radius 1 is 1.10 bits per heavy atom. The minimum atomic E-state index is -0.747. The molecule has 1 amide bonds. The second-order valence-corrected chi connectivity index (χ2v) is 6.46. The number of furan rings is 1. The van der Waals surface area contributed by atoms with Crippen LogP contribution in [0.2, 0.25) is 0 Å². The average molecular weight is 399 g/mol. The number of esters is 1. The van der Waals surface area contributed by atoms with E-state index in [0.717, 1.165) is 5.39 Å². The van der Waals surface area contributed by atoms with Gasteiger partial charge in [-0.05, 0) is 19.1 Å². The van der Waals surface area contributed by atoms with Crippen LogP contribution in [-0.4, -0.2) is 37.0 Å². The Bertz CT molecular complexity index is 1010. The number of fused-ring (bicyclic) bond motifs is 1. The Hall–Kier alpha value is -3.19. The summed E-state index contributed by atoms with van der Waals surface area (Å²) in [5.41, 5.74) is 1.50. The van der Waals surface area contributed by atoms with Crippen molar-refractivity contribution in [2.75, 3.05) is 20.3 Å². The van der Waals surface area contributed by atoms with Crippen molar-refractivity contribution in [2.24, 2.45) is 0 Å². The highest BCUT2D eigenvalue weighted by atomic mass is 19.1. The molecule has 0 bridgehead atoms. The van der Waals surface area contributed by atoms with Crippen molar-refractivity contribution in [3.8, 4) is 0 Å². The summed E-state index contributed by atoms with van der Waals surface area (Å²) < 4.78 is 30.0. The normalized spacial score (nSPS) is 10.9. The molecule has 0 aliphatic carbocycles. The maximum atomic E-state index is 13.7. The van der Waals surface area contributed by atoms with Crippen LogP contribution in [0.5, 0.6) is 0 Å². The first-order chi connectivity index (χ1) is 14.0. The van der Waals surface area contributed by atoms with E-state index >= 15 is 0 Å². The van der Waals surface area contributed by atoms with Crippen LogP contribution in [0.3, 0.4) is 0 Å². The van der Waals surface area contributed by atoms with Gasteiger partial charge in [0.15, 0.2) is 6.61 Å². The molecule has 0 aliphatic rings. The van der Waals surface area contributed by atoms with Crippen LogP contribution in [0.4, 0.5) is 4.39 Å². The number of likely N-dealkylation sites (N-methyl/N-ethyl adjacent to an activating group) is 1. The number of amides is 1. The zero-order chi connectivity index (χ0) is 20.8. The summed E-state index contributed by atoms with van der Waals surface area (Å²) >= 11 is 0. The number of rotatable bonds is 8. The van der Waals surface area contributed by atoms with E-state index in [1.807, 2.05) is 19.1 Å². The summed E-state index contributed by atoms with van der Waals surface area (Å²) in [5, 5.41) is 0.760. The molecule has 0 saturated heterocycles. The third-order valence-electron chi connectivity index (χ3n) is 4.45. The van der Waals surface area contributed by atoms with E-state index in [-0.39, 0.29) is 18.9 Å². The zero-order valence-electron chi connectivity index (χ0n) is 16.3. The molecule has 0 aliphatic heterocycles. The molecule has 2 aromatic carbocycles. The molecule has 3 rings (SSSR count). The first-order valence-corrected chi connectivity index (χ1v) is 9.24. The molecule has 152 valence electrons. The standard InChI is InChI=1S/C22H22FNO5/c1-3-27-13-17-16-9-5-7-11-19(16)29-21(17)22(26)28-14-20(25)24(2)12-15-8-4-6-10-18(15)23/h4-11H,3,12-14H2,1-2H3. The summed E-state index contributed by atoms with van der Waals surface area (Å²) in [5.74, 6) is -1.58. The fraction of sp³-hybridized carbons (Fsp3) is 0.273. The van der Waals surface area contributed by atoms with E-state index in [0.29, 0.717) is 23.3 Å². The highest BCUT2D eigenvalue weighted by Gasteiger charge is 2.23. The molecule has 3 aromatic rings. The second kappa shape index (κ2) is 9.34. The number of hydrogen-bond acceptors (Lipinski definition) is 5. The Morgan fingerprint density at radius 3 is 2.59 bits per heavy atom. The predicted molar refractivity (Wildman–Crippen MR) is 105 cm³/mol. The SMILES string of the molecule is CCOCc1c(C(=O)OCC(=O)N(C)Cc2ccccc2F)oc2ccccc12. The zero-order valence-corrected chi connectivity index (χ0v) is 16.3.